The highest BCUT2D eigenvalue weighted by molar-refractivity contribution is 7.95. The number of carboxylic acid groups (broad SMARTS) is 2. The van der Waals surface area contributed by atoms with Crippen LogP contribution in [-0.2, 0) is 23.4 Å². The average Bonchev–Trinajstić information content (AvgIpc) is 2.69. The molecule has 0 aliphatic heterocycles. The molecule has 0 radical (unpaired) electrons. The van der Waals surface area contributed by atoms with Crippen LogP contribution in [0.2, 0.25) is 0 Å². The van der Waals surface area contributed by atoms with Crippen molar-refractivity contribution in [2.45, 2.75) is 24.9 Å². The molecule has 0 heterocycles. The SMILES string of the molecule is NC(CCC(=O)NC(CSOC(=O)c1ccccc1)C(=O)NCC(=O)O)C(=O)O. The van der Waals surface area contributed by atoms with E-state index in [1.165, 1.54) is 12.1 Å². The zero-order valence-electron chi connectivity index (χ0n) is 15.2. The van der Waals surface area contributed by atoms with Crippen LogP contribution in [0.15, 0.2) is 30.3 Å². The Bertz CT molecular complexity index is 743. The number of carbonyl (C=O) groups excluding carboxylic acids is 3. The second-order valence-electron chi connectivity index (χ2n) is 5.74. The first-order chi connectivity index (χ1) is 13.7. The van der Waals surface area contributed by atoms with Crippen molar-refractivity contribution in [1.82, 2.24) is 10.6 Å². The molecule has 0 saturated heterocycles. The summed E-state index contributed by atoms with van der Waals surface area (Å²) in [5, 5.41) is 21.8. The van der Waals surface area contributed by atoms with Gasteiger partial charge in [-0.1, -0.05) is 18.2 Å². The quantitative estimate of drug-likeness (QED) is 0.269. The Morgan fingerprint density at radius 3 is 2.34 bits per heavy atom. The third kappa shape index (κ3) is 9.58. The van der Waals surface area contributed by atoms with Gasteiger partial charge in [-0.2, -0.15) is 0 Å². The van der Waals surface area contributed by atoms with Crippen molar-refractivity contribution >= 4 is 41.8 Å². The van der Waals surface area contributed by atoms with Gasteiger partial charge >= 0.3 is 17.9 Å². The highest BCUT2D eigenvalue weighted by Crippen LogP contribution is 2.11. The molecule has 1 rings (SSSR count). The lowest BCUT2D eigenvalue weighted by Crippen LogP contribution is -2.49. The number of aliphatic carboxylic acids is 2. The van der Waals surface area contributed by atoms with Crippen molar-refractivity contribution in [1.29, 1.82) is 0 Å². The van der Waals surface area contributed by atoms with Gasteiger partial charge in [0.05, 0.1) is 23.4 Å². The Hall–Kier alpha value is -3.12. The van der Waals surface area contributed by atoms with Gasteiger partial charge in [-0.3, -0.25) is 19.2 Å². The summed E-state index contributed by atoms with van der Waals surface area (Å²) in [7, 11) is 0. The van der Waals surface area contributed by atoms with Gasteiger partial charge in [-0.15, -0.1) is 0 Å². The van der Waals surface area contributed by atoms with E-state index in [2.05, 4.69) is 10.6 Å². The maximum atomic E-state index is 12.1. The van der Waals surface area contributed by atoms with Gasteiger partial charge in [0.15, 0.2) is 0 Å². The fraction of sp³-hybridized carbons (Fsp3) is 0.353. The summed E-state index contributed by atoms with van der Waals surface area (Å²) in [6.45, 7) is -0.663. The van der Waals surface area contributed by atoms with Crippen molar-refractivity contribution < 1.29 is 38.4 Å². The summed E-state index contributed by atoms with van der Waals surface area (Å²) < 4.78 is 4.98. The molecule has 0 saturated carbocycles. The van der Waals surface area contributed by atoms with Crippen LogP contribution in [0, 0.1) is 0 Å². The zero-order chi connectivity index (χ0) is 21.8. The van der Waals surface area contributed by atoms with Crippen LogP contribution in [0.4, 0.5) is 0 Å². The first-order valence-electron chi connectivity index (χ1n) is 8.36. The Labute approximate surface area is 170 Å². The third-order valence-electron chi connectivity index (χ3n) is 3.44. The molecule has 0 aliphatic rings. The molecule has 0 aromatic heterocycles. The lowest BCUT2D eigenvalue weighted by atomic mass is 10.1. The Kier molecular flexibility index (Phi) is 10.2. The van der Waals surface area contributed by atoms with Crippen LogP contribution in [0.25, 0.3) is 0 Å². The number of hydrogen-bond acceptors (Lipinski definition) is 8. The predicted octanol–water partition coefficient (Wildman–Crippen LogP) is -0.631. The van der Waals surface area contributed by atoms with Crippen molar-refractivity contribution in [3.05, 3.63) is 35.9 Å². The molecule has 0 aliphatic carbocycles. The second kappa shape index (κ2) is 12.4. The van der Waals surface area contributed by atoms with E-state index in [1.807, 2.05) is 0 Å². The minimum absolute atomic E-state index is 0.152. The van der Waals surface area contributed by atoms with E-state index in [0.717, 1.165) is 0 Å². The summed E-state index contributed by atoms with van der Waals surface area (Å²) in [6.07, 6.45) is -0.411. The minimum atomic E-state index is -1.28. The first-order valence-corrected chi connectivity index (χ1v) is 9.28. The number of benzene rings is 1. The maximum absolute atomic E-state index is 12.1. The average molecular weight is 427 g/mol. The molecule has 2 amide bonds. The largest absolute Gasteiger partial charge is 0.480 e. The number of amides is 2. The number of nitrogens with two attached hydrogens (primary N) is 1. The van der Waals surface area contributed by atoms with Crippen LogP contribution < -0.4 is 16.4 Å². The van der Waals surface area contributed by atoms with E-state index < -0.39 is 48.4 Å². The molecule has 0 spiro atoms. The fourth-order valence-corrected chi connectivity index (χ4v) is 2.57. The molecule has 12 heteroatoms. The van der Waals surface area contributed by atoms with Crippen LogP contribution in [0.1, 0.15) is 23.2 Å². The monoisotopic (exact) mass is 427 g/mol. The van der Waals surface area contributed by atoms with Crippen molar-refractivity contribution in [3.8, 4) is 0 Å². The molecule has 11 nitrogen and oxygen atoms in total. The van der Waals surface area contributed by atoms with Crippen molar-refractivity contribution in [3.63, 3.8) is 0 Å². The molecule has 2 atom stereocenters. The normalized spacial score (nSPS) is 12.3. The Morgan fingerprint density at radius 1 is 1.10 bits per heavy atom. The predicted molar refractivity (Wildman–Crippen MR) is 102 cm³/mol. The smallest absolute Gasteiger partial charge is 0.350 e. The van der Waals surface area contributed by atoms with Crippen LogP contribution in [0.5, 0.6) is 0 Å². The number of rotatable bonds is 12. The minimum Gasteiger partial charge on any atom is -0.480 e. The van der Waals surface area contributed by atoms with Crippen LogP contribution >= 0.6 is 12.0 Å². The van der Waals surface area contributed by atoms with Gasteiger partial charge in [-0.05, 0) is 18.6 Å². The van der Waals surface area contributed by atoms with Gasteiger partial charge in [-0.25, -0.2) is 4.79 Å². The molecule has 0 bridgehead atoms. The van der Waals surface area contributed by atoms with Gasteiger partial charge in [0, 0.05) is 6.42 Å². The van der Waals surface area contributed by atoms with E-state index in [4.69, 9.17) is 20.1 Å². The molecule has 2 unspecified atom stereocenters. The first kappa shape index (κ1) is 23.9. The van der Waals surface area contributed by atoms with E-state index in [0.29, 0.717) is 17.6 Å². The van der Waals surface area contributed by atoms with Crippen molar-refractivity contribution in [2.24, 2.45) is 5.73 Å². The van der Waals surface area contributed by atoms with Crippen LogP contribution in [0.3, 0.4) is 0 Å². The third-order valence-corrected chi connectivity index (χ3v) is 4.18. The molecule has 1 aromatic rings. The van der Waals surface area contributed by atoms with E-state index in [9.17, 15) is 24.0 Å². The zero-order valence-corrected chi connectivity index (χ0v) is 16.0. The lowest BCUT2D eigenvalue weighted by molar-refractivity contribution is -0.139. The summed E-state index contributed by atoms with van der Waals surface area (Å²) in [4.78, 5) is 57.3. The topological polar surface area (TPSA) is 185 Å². The standard InChI is InChI=1S/C17H21N3O8S/c18-11(16(25)26)6-7-13(21)20-12(15(24)19-8-14(22)23)9-29-28-17(27)10-4-2-1-3-5-10/h1-5,11-12H,6-9,18H2,(H,19,24)(H,20,21)(H,22,23)(H,25,26). The van der Waals surface area contributed by atoms with Gasteiger partial charge in [0.2, 0.25) is 11.8 Å². The van der Waals surface area contributed by atoms with Crippen molar-refractivity contribution in [2.75, 3.05) is 12.3 Å². The maximum Gasteiger partial charge on any atom is 0.350 e. The van der Waals surface area contributed by atoms with Gasteiger partial charge in [0.25, 0.3) is 0 Å². The second-order valence-corrected chi connectivity index (χ2v) is 6.47. The van der Waals surface area contributed by atoms with Gasteiger partial charge < -0.3 is 30.8 Å². The molecular formula is C17H21N3O8S. The molecular weight excluding hydrogens is 406 g/mol. The Morgan fingerprint density at radius 2 is 1.76 bits per heavy atom. The number of carboxylic acids is 2. The summed E-state index contributed by atoms with van der Waals surface area (Å²) in [5.41, 5.74) is 5.61. The lowest BCUT2D eigenvalue weighted by Gasteiger charge is -2.17. The number of hydrogen-bond donors (Lipinski definition) is 5. The summed E-state index contributed by atoms with van der Waals surface area (Å²) in [6, 6.07) is 5.63. The van der Waals surface area contributed by atoms with E-state index in [-0.39, 0.29) is 18.6 Å². The van der Waals surface area contributed by atoms with Gasteiger partial charge in [0.1, 0.15) is 18.6 Å². The molecule has 1 aromatic carbocycles. The fourth-order valence-electron chi connectivity index (χ4n) is 1.92. The highest BCUT2D eigenvalue weighted by Gasteiger charge is 2.23. The number of nitrogens with one attached hydrogen (secondary N) is 2. The summed E-state index contributed by atoms with van der Waals surface area (Å²) in [5.74, 6) is -4.85. The number of carbonyl (C=O) groups is 5. The highest BCUT2D eigenvalue weighted by atomic mass is 32.2. The van der Waals surface area contributed by atoms with E-state index >= 15 is 0 Å². The molecule has 29 heavy (non-hydrogen) atoms. The van der Waals surface area contributed by atoms with E-state index in [1.54, 1.807) is 18.2 Å². The molecule has 6 N–H and O–H groups in total. The van der Waals surface area contributed by atoms with Crippen LogP contribution in [-0.4, -0.2) is 64.3 Å². The Balaban J connectivity index is 2.61. The molecule has 158 valence electrons. The summed E-state index contributed by atoms with van der Waals surface area (Å²) >= 11 is 0.607. The molecule has 0 fully saturated rings.